The van der Waals surface area contributed by atoms with Gasteiger partial charge in [-0.25, -0.2) is 0 Å². The number of nitrogens with two attached hydrogens (primary N) is 1. The number of rotatable bonds is 6. The Hall–Kier alpha value is -2.31. The van der Waals surface area contributed by atoms with E-state index in [-0.39, 0.29) is 0 Å². The zero-order chi connectivity index (χ0) is 14.2. The van der Waals surface area contributed by atoms with Gasteiger partial charge < -0.3 is 10.5 Å². The third-order valence-electron chi connectivity index (χ3n) is 3.04. The molecule has 2 aromatic carbocycles. The van der Waals surface area contributed by atoms with Crippen molar-refractivity contribution in [3.63, 3.8) is 0 Å². The van der Waals surface area contributed by atoms with E-state index in [1.807, 2.05) is 36.4 Å². The average molecular weight is 266 g/mol. The van der Waals surface area contributed by atoms with Crippen molar-refractivity contribution in [2.75, 3.05) is 6.61 Å². The van der Waals surface area contributed by atoms with E-state index in [0.717, 1.165) is 12.2 Å². The molecule has 2 N–H and O–H groups in total. The van der Waals surface area contributed by atoms with Crippen molar-refractivity contribution < 1.29 is 4.74 Å². The van der Waals surface area contributed by atoms with E-state index in [0.29, 0.717) is 13.0 Å². The zero-order valence-corrected chi connectivity index (χ0v) is 11.3. The van der Waals surface area contributed by atoms with Gasteiger partial charge in [0.05, 0.1) is 18.7 Å². The fourth-order valence-corrected chi connectivity index (χ4v) is 1.90. The van der Waals surface area contributed by atoms with Gasteiger partial charge in [-0.15, -0.1) is 0 Å². The van der Waals surface area contributed by atoms with Crippen LogP contribution in [-0.2, 0) is 6.42 Å². The molecule has 2 aromatic rings. The topological polar surface area (TPSA) is 59.0 Å². The first-order valence-corrected chi connectivity index (χ1v) is 6.69. The van der Waals surface area contributed by atoms with E-state index in [9.17, 15) is 0 Å². The highest BCUT2D eigenvalue weighted by atomic mass is 16.5. The lowest BCUT2D eigenvalue weighted by Gasteiger charge is -2.08. The van der Waals surface area contributed by atoms with Gasteiger partial charge in [-0.2, -0.15) is 5.26 Å². The fourth-order valence-electron chi connectivity index (χ4n) is 1.90. The summed E-state index contributed by atoms with van der Waals surface area (Å²) in [5.74, 6) is 0.812. The molecule has 0 amide bonds. The molecule has 1 unspecified atom stereocenters. The lowest BCUT2D eigenvalue weighted by atomic mass is 10.1. The number of nitrogens with zero attached hydrogens (tertiary/aromatic N) is 1. The maximum atomic E-state index is 8.58. The molecule has 3 heteroatoms. The van der Waals surface area contributed by atoms with E-state index in [2.05, 4.69) is 24.3 Å². The molecule has 0 saturated carbocycles. The van der Waals surface area contributed by atoms with E-state index in [1.165, 1.54) is 11.1 Å². The molecule has 20 heavy (non-hydrogen) atoms. The number of ether oxygens (including phenoxy) is 1. The minimum Gasteiger partial charge on any atom is -0.493 e. The van der Waals surface area contributed by atoms with Crippen LogP contribution in [0.25, 0.3) is 0 Å². The Kier molecular flexibility index (Phi) is 5.16. The second kappa shape index (κ2) is 7.32. The molecule has 0 aliphatic carbocycles. The lowest BCUT2D eigenvalue weighted by molar-refractivity contribution is 0.306. The summed E-state index contributed by atoms with van der Waals surface area (Å²) in [6, 6.07) is 19.9. The maximum absolute atomic E-state index is 8.58. The molecule has 0 spiro atoms. The molecule has 3 nitrogen and oxygen atoms in total. The summed E-state index contributed by atoms with van der Waals surface area (Å²) in [6.07, 6.45) is 1.46. The van der Waals surface area contributed by atoms with Gasteiger partial charge in [-0.3, -0.25) is 0 Å². The van der Waals surface area contributed by atoms with Crippen molar-refractivity contribution in [3.05, 3.63) is 65.7 Å². The minimum absolute atomic E-state index is 0.452. The van der Waals surface area contributed by atoms with Crippen LogP contribution in [0.5, 0.6) is 5.75 Å². The number of hydrogen-bond donors (Lipinski definition) is 1. The highest BCUT2D eigenvalue weighted by molar-refractivity contribution is 5.31. The highest BCUT2D eigenvalue weighted by Gasteiger charge is 2.01. The molecule has 102 valence electrons. The van der Waals surface area contributed by atoms with Crippen LogP contribution in [0.1, 0.15) is 17.5 Å². The average Bonchev–Trinajstić information content (AvgIpc) is 2.50. The van der Waals surface area contributed by atoms with Gasteiger partial charge in [-0.1, -0.05) is 42.5 Å². The maximum Gasteiger partial charge on any atom is 0.119 e. The van der Waals surface area contributed by atoms with Crippen LogP contribution in [0.3, 0.4) is 0 Å². The van der Waals surface area contributed by atoms with Crippen molar-refractivity contribution in [1.29, 1.82) is 5.26 Å². The Bertz CT molecular complexity index is 558. The van der Waals surface area contributed by atoms with Gasteiger partial charge in [0.1, 0.15) is 5.75 Å². The molecular weight excluding hydrogens is 248 g/mol. The van der Waals surface area contributed by atoms with Crippen molar-refractivity contribution in [2.45, 2.75) is 18.9 Å². The van der Waals surface area contributed by atoms with Crippen LogP contribution in [0.15, 0.2) is 54.6 Å². The Morgan fingerprint density at radius 3 is 2.30 bits per heavy atom. The standard InChI is InChI=1S/C17H18N2O/c18-13-16(19)10-11-20-17-8-6-15(7-9-17)12-14-4-2-1-3-5-14/h1-9,16H,10-12,19H2. The van der Waals surface area contributed by atoms with Crippen LogP contribution in [0, 0.1) is 11.3 Å². The van der Waals surface area contributed by atoms with Crippen LogP contribution in [-0.4, -0.2) is 12.6 Å². The van der Waals surface area contributed by atoms with Crippen molar-refractivity contribution >= 4 is 0 Å². The summed E-state index contributed by atoms with van der Waals surface area (Å²) in [6.45, 7) is 0.465. The molecule has 0 radical (unpaired) electrons. The van der Waals surface area contributed by atoms with Crippen molar-refractivity contribution in [2.24, 2.45) is 5.73 Å². The van der Waals surface area contributed by atoms with Gasteiger partial charge in [-0.05, 0) is 29.7 Å². The summed E-state index contributed by atoms with van der Waals surface area (Å²) < 4.78 is 5.55. The first-order valence-electron chi connectivity index (χ1n) is 6.69. The third-order valence-corrected chi connectivity index (χ3v) is 3.04. The van der Waals surface area contributed by atoms with Gasteiger partial charge in [0.15, 0.2) is 0 Å². The Labute approximate surface area is 119 Å². The fraction of sp³-hybridized carbons (Fsp3) is 0.235. The predicted molar refractivity (Wildman–Crippen MR) is 79.4 cm³/mol. The first-order chi connectivity index (χ1) is 9.78. The molecule has 0 bridgehead atoms. The SMILES string of the molecule is N#CC(N)CCOc1ccc(Cc2ccccc2)cc1. The second-order valence-corrected chi connectivity index (χ2v) is 4.68. The van der Waals surface area contributed by atoms with Crippen LogP contribution >= 0.6 is 0 Å². The molecule has 0 aliphatic heterocycles. The smallest absolute Gasteiger partial charge is 0.119 e. The Morgan fingerprint density at radius 2 is 1.65 bits per heavy atom. The minimum atomic E-state index is -0.452. The Balaban J connectivity index is 1.85. The van der Waals surface area contributed by atoms with Crippen molar-refractivity contribution in [3.8, 4) is 11.8 Å². The molecule has 0 fully saturated rings. The quantitative estimate of drug-likeness (QED) is 0.874. The van der Waals surface area contributed by atoms with Gasteiger partial charge in [0, 0.05) is 6.42 Å². The van der Waals surface area contributed by atoms with E-state index in [1.54, 1.807) is 0 Å². The number of benzene rings is 2. The molecular formula is C17H18N2O. The first kappa shape index (κ1) is 14.1. The third kappa shape index (κ3) is 4.42. The summed E-state index contributed by atoms with van der Waals surface area (Å²) >= 11 is 0. The lowest BCUT2D eigenvalue weighted by Crippen LogP contribution is -2.20. The van der Waals surface area contributed by atoms with Crippen molar-refractivity contribution in [1.82, 2.24) is 0 Å². The monoisotopic (exact) mass is 266 g/mol. The summed E-state index contributed by atoms with van der Waals surface area (Å²) in [5, 5.41) is 8.58. The van der Waals surface area contributed by atoms with E-state index in [4.69, 9.17) is 15.7 Å². The van der Waals surface area contributed by atoms with Gasteiger partial charge in [0.2, 0.25) is 0 Å². The Morgan fingerprint density at radius 1 is 1.00 bits per heavy atom. The van der Waals surface area contributed by atoms with Gasteiger partial charge >= 0.3 is 0 Å². The second-order valence-electron chi connectivity index (χ2n) is 4.68. The van der Waals surface area contributed by atoms with Gasteiger partial charge in [0.25, 0.3) is 0 Å². The summed E-state index contributed by atoms with van der Waals surface area (Å²) in [4.78, 5) is 0. The largest absolute Gasteiger partial charge is 0.493 e. The molecule has 2 rings (SSSR count). The summed E-state index contributed by atoms with van der Waals surface area (Å²) in [5.41, 5.74) is 8.05. The number of nitriles is 1. The predicted octanol–water partition coefficient (Wildman–Crippen LogP) is 2.90. The van der Waals surface area contributed by atoms with E-state index < -0.39 is 6.04 Å². The molecule has 0 heterocycles. The normalized spacial score (nSPS) is 11.6. The van der Waals surface area contributed by atoms with Crippen LogP contribution < -0.4 is 10.5 Å². The summed E-state index contributed by atoms with van der Waals surface area (Å²) in [7, 11) is 0. The molecule has 1 atom stereocenters. The number of hydrogen-bond acceptors (Lipinski definition) is 3. The van der Waals surface area contributed by atoms with Crippen LogP contribution in [0.4, 0.5) is 0 Å². The highest BCUT2D eigenvalue weighted by Crippen LogP contribution is 2.15. The molecule has 0 aliphatic rings. The molecule has 0 aromatic heterocycles. The zero-order valence-electron chi connectivity index (χ0n) is 11.3. The molecule has 0 saturated heterocycles. The van der Waals surface area contributed by atoms with Crippen LogP contribution in [0.2, 0.25) is 0 Å². The van der Waals surface area contributed by atoms with E-state index >= 15 is 0 Å².